The molecule has 2 fully saturated rings. The van der Waals surface area contributed by atoms with Gasteiger partial charge in [0.05, 0.1) is 30.1 Å². The highest BCUT2D eigenvalue weighted by atomic mass is 32.2. The summed E-state index contributed by atoms with van der Waals surface area (Å²) in [5.74, 6) is -3.10. The number of likely N-dealkylation sites (N-methyl/N-ethyl adjacent to an activating group) is 1. The fourth-order valence-electron chi connectivity index (χ4n) is 4.91. The summed E-state index contributed by atoms with van der Waals surface area (Å²) in [7, 11) is -0.563. The third-order valence-electron chi connectivity index (χ3n) is 6.30. The number of epoxide rings is 1. The van der Waals surface area contributed by atoms with Crippen molar-refractivity contribution in [3.8, 4) is 0 Å². The Morgan fingerprint density at radius 1 is 1.24 bits per heavy atom. The van der Waals surface area contributed by atoms with E-state index in [0.29, 0.717) is 35.5 Å². The summed E-state index contributed by atoms with van der Waals surface area (Å²) >= 11 is 0. The molecule has 2 saturated heterocycles. The topological polar surface area (TPSA) is 107 Å². The Kier molecular flexibility index (Phi) is 3.72. The van der Waals surface area contributed by atoms with E-state index < -0.39 is 32.9 Å². The number of amides is 1. The van der Waals surface area contributed by atoms with Gasteiger partial charge in [-0.2, -0.15) is 5.10 Å². The van der Waals surface area contributed by atoms with E-state index in [1.54, 1.807) is 19.9 Å². The fourth-order valence-corrected chi connectivity index (χ4v) is 6.82. The Morgan fingerprint density at radius 2 is 1.93 bits per heavy atom. The Labute approximate surface area is 168 Å². The number of rotatable bonds is 2. The van der Waals surface area contributed by atoms with E-state index in [9.17, 15) is 13.2 Å². The zero-order chi connectivity index (χ0) is 20.8. The third-order valence-corrected chi connectivity index (χ3v) is 8.19. The van der Waals surface area contributed by atoms with Crippen molar-refractivity contribution in [1.82, 2.24) is 5.01 Å². The van der Waals surface area contributed by atoms with Crippen LogP contribution < -0.4 is 0 Å². The Hall–Kier alpha value is -1.85. The van der Waals surface area contributed by atoms with Crippen LogP contribution in [0.4, 0.5) is 0 Å². The maximum atomic E-state index is 12.9. The van der Waals surface area contributed by atoms with Crippen molar-refractivity contribution in [1.29, 1.82) is 0 Å². The molecule has 0 radical (unpaired) electrons. The summed E-state index contributed by atoms with van der Waals surface area (Å²) in [4.78, 5) is 13.0. The monoisotopic (exact) mass is 422 g/mol. The summed E-state index contributed by atoms with van der Waals surface area (Å²) in [6.45, 7) is 4.30. The first kappa shape index (κ1) is 19.1. The lowest BCUT2D eigenvalue weighted by Gasteiger charge is -2.37. The average molecular weight is 422 g/mol. The van der Waals surface area contributed by atoms with Crippen LogP contribution in [0.5, 0.6) is 0 Å². The van der Waals surface area contributed by atoms with Crippen LogP contribution in [0.15, 0.2) is 16.1 Å². The molecule has 2 unspecified atom stereocenters. The molecule has 1 spiro atoms. The van der Waals surface area contributed by atoms with Gasteiger partial charge >= 0.3 is 5.91 Å². The standard InChI is InChI=1S/C19H22N2O7S/c1-11-9-13(17-10-20-21(3)16(22)19(17,25-4)28-17)12(2)14-15(11)29(23,24)8-5-18(14)26-6-7-27-18/h9-10H,5-8H2,1-4H3. The summed E-state index contributed by atoms with van der Waals surface area (Å²) in [6.07, 6.45) is 1.75. The summed E-state index contributed by atoms with van der Waals surface area (Å²) in [6, 6.07) is 1.74. The van der Waals surface area contributed by atoms with Crippen LogP contribution in [-0.4, -0.2) is 64.5 Å². The van der Waals surface area contributed by atoms with Crippen LogP contribution in [-0.2, 0) is 45.0 Å². The van der Waals surface area contributed by atoms with Crippen LogP contribution in [0, 0.1) is 13.8 Å². The van der Waals surface area contributed by atoms with Crippen molar-refractivity contribution in [2.24, 2.45) is 5.10 Å². The first-order valence-corrected chi connectivity index (χ1v) is 11.0. The van der Waals surface area contributed by atoms with Crippen molar-refractivity contribution >= 4 is 22.0 Å². The molecule has 5 rings (SSSR count). The van der Waals surface area contributed by atoms with E-state index >= 15 is 0 Å². The molecule has 9 nitrogen and oxygen atoms in total. The lowest BCUT2D eigenvalue weighted by molar-refractivity contribution is -0.170. The summed E-state index contributed by atoms with van der Waals surface area (Å²) in [5, 5.41) is 5.32. The second-order valence-corrected chi connectivity index (χ2v) is 9.87. The largest absolute Gasteiger partial charge is 0.343 e. The molecule has 1 amide bonds. The number of nitrogens with zero attached hydrogens (tertiary/aromatic N) is 2. The van der Waals surface area contributed by atoms with Crippen LogP contribution in [0.3, 0.4) is 0 Å². The van der Waals surface area contributed by atoms with Gasteiger partial charge in [-0.3, -0.25) is 4.79 Å². The van der Waals surface area contributed by atoms with Crippen molar-refractivity contribution in [3.63, 3.8) is 0 Å². The minimum Gasteiger partial charge on any atom is -0.343 e. The zero-order valence-electron chi connectivity index (χ0n) is 16.6. The van der Waals surface area contributed by atoms with Crippen LogP contribution in [0.2, 0.25) is 0 Å². The lowest BCUT2D eigenvalue weighted by Crippen LogP contribution is -2.47. The minimum absolute atomic E-state index is 0.0476. The lowest BCUT2D eigenvalue weighted by atomic mass is 9.83. The van der Waals surface area contributed by atoms with Gasteiger partial charge in [-0.25, -0.2) is 13.4 Å². The van der Waals surface area contributed by atoms with Gasteiger partial charge in [0, 0.05) is 26.1 Å². The van der Waals surface area contributed by atoms with Gasteiger partial charge in [0.25, 0.3) is 5.79 Å². The number of hydrazone groups is 1. The van der Waals surface area contributed by atoms with E-state index in [1.807, 2.05) is 0 Å². The normalized spacial score (nSPS) is 33.7. The van der Waals surface area contributed by atoms with Gasteiger partial charge in [-0.1, -0.05) is 6.07 Å². The highest BCUT2D eigenvalue weighted by Crippen LogP contribution is 2.60. The Balaban J connectivity index is 1.80. The average Bonchev–Trinajstić information content (AvgIpc) is 3.16. The molecular weight excluding hydrogens is 400 g/mol. The van der Waals surface area contributed by atoms with Crippen LogP contribution >= 0.6 is 0 Å². The second-order valence-electron chi connectivity index (χ2n) is 7.82. The summed E-state index contributed by atoms with van der Waals surface area (Å²) < 4.78 is 49.2. The van der Waals surface area contributed by atoms with Crippen molar-refractivity contribution in [3.05, 3.63) is 28.3 Å². The molecule has 1 aromatic rings. The Morgan fingerprint density at radius 3 is 2.59 bits per heavy atom. The molecule has 0 bridgehead atoms. The van der Waals surface area contributed by atoms with Gasteiger partial charge in [0.2, 0.25) is 0 Å². The van der Waals surface area contributed by atoms with Crippen LogP contribution in [0.1, 0.15) is 28.7 Å². The SMILES string of the molecule is COC12OC1(c1cc(C)c3c(c1C)C1(CCS3(=O)=O)OCCO1)C=NN(C)C2=O. The Bertz CT molecular complexity index is 1080. The second kappa shape index (κ2) is 5.64. The first-order chi connectivity index (χ1) is 13.6. The van der Waals surface area contributed by atoms with E-state index in [4.69, 9.17) is 18.9 Å². The molecule has 0 N–H and O–H groups in total. The number of aryl methyl sites for hydroxylation is 1. The highest BCUT2D eigenvalue weighted by molar-refractivity contribution is 7.91. The summed E-state index contributed by atoms with van der Waals surface area (Å²) in [5.41, 5.74) is 1.07. The van der Waals surface area contributed by atoms with E-state index in [0.717, 1.165) is 0 Å². The number of hydrogen-bond acceptors (Lipinski definition) is 8. The molecule has 0 saturated carbocycles. The van der Waals surface area contributed by atoms with E-state index in [-0.39, 0.29) is 17.1 Å². The smallest absolute Gasteiger partial charge is 0.306 e. The van der Waals surface area contributed by atoms with Gasteiger partial charge in [0.1, 0.15) is 0 Å². The number of ether oxygens (including phenoxy) is 4. The highest BCUT2D eigenvalue weighted by Gasteiger charge is 2.79. The fraction of sp³-hybridized carbons (Fsp3) is 0.579. The first-order valence-electron chi connectivity index (χ1n) is 9.39. The molecule has 4 aliphatic heterocycles. The van der Waals surface area contributed by atoms with Crippen molar-refractivity contribution < 1.29 is 32.2 Å². The van der Waals surface area contributed by atoms with Gasteiger partial charge in [-0.05, 0) is 30.5 Å². The van der Waals surface area contributed by atoms with E-state index in [2.05, 4.69) is 5.10 Å². The molecule has 10 heteroatoms. The minimum atomic E-state index is -3.49. The number of fused-ring (bicyclic) bond motifs is 3. The number of sulfone groups is 1. The quantitative estimate of drug-likeness (QED) is 0.646. The number of hydrogen-bond donors (Lipinski definition) is 0. The van der Waals surface area contributed by atoms with E-state index in [1.165, 1.54) is 25.4 Å². The zero-order valence-corrected chi connectivity index (χ0v) is 17.5. The predicted octanol–water partition coefficient (Wildman–Crippen LogP) is 0.706. The number of benzene rings is 1. The van der Waals surface area contributed by atoms with Crippen molar-refractivity contribution in [2.45, 2.75) is 42.3 Å². The molecule has 4 heterocycles. The van der Waals surface area contributed by atoms with Crippen LogP contribution in [0.25, 0.3) is 0 Å². The molecule has 2 atom stereocenters. The molecule has 1 aromatic carbocycles. The maximum absolute atomic E-state index is 12.9. The number of carbonyl (C=O) groups excluding carboxylic acids is 1. The third kappa shape index (κ3) is 2.15. The molecule has 156 valence electrons. The van der Waals surface area contributed by atoms with Gasteiger partial charge in [-0.15, -0.1) is 0 Å². The number of methoxy groups -OCH3 is 1. The van der Waals surface area contributed by atoms with Gasteiger partial charge in [0.15, 0.2) is 21.2 Å². The van der Waals surface area contributed by atoms with Gasteiger partial charge < -0.3 is 18.9 Å². The molecule has 29 heavy (non-hydrogen) atoms. The molecule has 0 aliphatic carbocycles. The number of carbonyl (C=O) groups is 1. The maximum Gasteiger partial charge on any atom is 0.306 e. The molecule has 4 aliphatic rings. The molecule has 0 aromatic heterocycles. The van der Waals surface area contributed by atoms with Crippen molar-refractivity contribution in [2.75, 3.05) is 33.1 Å². The predicted molar refractivity (Wildman–Crippen MR) is 99.9 cm³/mol. The molecular formula is C19H22N2O7S.